The summed E-state index contributed by atoms with van der Waals surface area (Å²) in [4.78, 5) is 0. The molecule has 1 heterocycles. The largest absolute Gasteiger partial charge is 0.373 e. The quantitative estimate of drug-likeness (QED) is 0.900. The second-order valence-electron chi connectivity index (χ2n) is 6.80. The Morgan fingerprint density at radius 3 is 2.45 bits per heavy atom. The molecule has 1 atom stereocenters. The Hall–Kier alpha value is -0.870. The minimum Gasteiger partial charge on any atom is -0.373 e. The maximum Gasteiger partial charge on any atom is 0.0892 e. The highest BCUT2D eigenvalue weighted by molar-refractivity contribution is 5.13. The number of rotatable bonds is 5. The predicted octanol–water partition coefficient (Wildman–Crippen LogP) is 3.06. The van der Waals surface area contributed by atoms with Gasteiger partial charge in [0.05, 0.1) is 17.3 Å². The second kappa shape index (κ2) is 5.86. The first-order valence-electron chi connectivity index (χ1n) is 7.73. The zero-order valence-corrected chi connectivity index (χ0v) is 13.6. The SMILES string of the molecule is CCOC1(C(NC)c2ccn(C)n2)CCC(C)(C)CC1. The number of likely N-dealkylation sites (N-methyl/N-ethyl adjacent to an activating group) is 1. The summed E-state index contributed by atoms with van der Waals surface area (Å²) in [5.74, 6) is 0. The second-order valence-corrected chi connectivity index (χ2v) is 6.80. The molecule has 114 valence electrons. The highest BCUT2D eigenvalue weighted by Gasteiger charge is 2.45. The van der Waals surface area contributed by atoms with Crippen LogP contribution in [0.4, 0.5) is 0 Å². The van der Waals surface area contributed by atoms with Crippen molar-refractivity contribution in [2.24, 2.45) is 12.5 Å². The normalized spacial score (nSPS) is 22.6. The molecule has 0 aromatic carbocycles. The molecule has 0 amide bonds. The molecule has 1 aliphatic carbocycles. The molecule has 2 rings (SSSR count). The Morgan fingerprint density at radius 2 is 2.00 bits per heavy atom. The van der Waals surface area contributed by atoms with Gasteiger partial charge < -0.3 is 10.1 Å². The van der Waals surface area contributed by atoms with Crippen molar-refractivity contribution in [2.75, 3.05) is 13.7 Å². The summed E-state index contributed by atoms with van der Waals surface area (Å²) in [7, 11) is 3.98. The molecule has 1 saturated carbocycles. The molecule has 0 aliphatic heterocycles. The lowest BCUT2D eigenvalue weighted by molar-refractivity contribution is -0.107. The number of hydrogen-bond acceptors (Lipinski definition) is 3. The molecule has 0 spiro atoms. The summed E-state index contributed by atoms with van der Waals surface area (Å²) in [6, 6.07) is 2.27. The molecule has 1 aromatic rings. The molecular formula is C16H29N3O. The van der Waals surface area contributed by atoms with Crippen LogP contribution in [0.3, 0.4) is 0 Å². The molecule has 4 heteroatoms. The lowest BCUT2D eigenvalue weighted by atomic mass is 9.68. The Bertz CT molecular complexity index is 429. The number of ether oxygens (including phenoxy) is 1. The minimum atomic E-state index is -0.118. The summed E-state index contributed by atoms with van der Waals surface area (Å²) in [5.41, 5.74) is 1.40. The summed E-state index contributed by atoms with van der Waals surface area (Å²) >= 11 is 0. The van der Waals surface area contributed by atoms with Crippen molar-refractivity contribution in [1.82, 2.24) is 15.1 Å². The van der Waals surface area contributed by atoms with Gasteiger partial charge in [-0.2, -0.15) is 5.10 Å². The summed E-state index contributed by atoms with van der Waals surface area (Å²) in [6.07, 6.45) is 6.61. The van der Waals surface area contributed by atoms with E-state index in [0.717, 1.165) is 25.1 Å². The van der Waals surface area contributed by atoms with Crippen LogP contribution in [0.25, 0.3) is 0 Å². The highest BCUT2D eigenvalue weighted by Crippen LogP contribution is 2.47. The van der Waals surface area contributed by atoms with Crippen molar-refractivity contribution in [3.8, 4) is 0 Å². The standard InChI is InChI=1S/C16H29N3O/c1-6-20-16(10-8-15(2,3)9-11-16)14(17-4)13-7-12-19(5)18-13/h7,12,14,17H,6,8-11H2,1-5H3. The first kappa shape index (κ1) is 15.5. The van der Waals surface area contributed by atoms with E-state index in [1.165, 1.54) is 12.8 Å². The van der Waals surface area contributed by atoms with Gasteiger partial charge in [-0.15, -0.1) is 0 Å². The van der Waals surface area contributed by atoms with Crippen LogP contribution in [0.15, 0.2) is 12.3 Å². The van der Waals surface area contributed by atoms with Crippen LogP contribution < -0.4 is 5.32 Å². The zero-order chi connectivity index (χ0) is 14.8. The number of hydrogen-bond donors (Lipinski definition) is 1. The van der Waals surface area contributed by atoms with E-state index in [1.54, 1.807) is 0 Å². The van der Waals surface area contributed by atoms with Crippen molar-refractivity contribution in [3.63, 3.8) is 0 Å². The van der Waals surface area contributed by atoms with E-state index >= 15 is 0 Å². The lowest BCUT2D eigenvalue weighted by Crippen LogP contribution is -2.49. The zero-order valence-electron chi connectivity index (χ0n) is 13.6. The van der Waals surface area contributed by atoms with Crippen LogP contribution in [0.5, 0.6) is 0 Å². The Morgan fingerprint density at radius 1 is 1.35 bits per heavy atom. The number of aryl methyl sites for hydroxylation is 1. The Labute approximate surface area is 122 Å². The maximum atomic E-state index is 6.27. The van der Waals surface area contributed by atoms with Gasteiger partial charge in [-0.25, -0.2) is 0 Å². The van der Waals surface area contributed by atoms with Gasteiger partial charge in [0, 0.05) is 19.9 Å². The van der Waals surface area contributed by atoms with Gasteiger partial charge in [0.25, 0.3) is 0 Å². The summed E-state index contributed by atoms with van der Waals surface area (Å²) in [6.45, 7) is 7.56. The third-order valence-corrected chi connectivity index (χ3v) is 4.73. The van der Waals surface area contributed by atoms with E-state index in [1.807, 2.05) is 25.0 Å². The summed E-state index contributed by atoms with van der Waals surface area (Å²) < 4.78 is 8.14. The topological polar surface area (TPSA) is 39.1 Å². The average Bonchev–Trinajstić information content (AvgIpc) is 2.81. The molecule has 1 aliphatic rings. The van der Waals surface area contributed by atoms with Gasteiger partial charge >= 0.3 is 0 Å². The van der Waals surface area contributed by atoms with Crippen LogP contribution in [0, 0.1) is 5.41 Å². The molecule has 4 nitrogen and oxygen atoms in total. The Kier molecular flexibility index (Phi) is 4.55. The summed E-state index contributed by atoms with van der Waals surface area (Å²) in [5, 5.41) is 8.05. The van der Waals surface area contributed by atoms with Crippen LogP contribution in [-0.4, -0.2) is 29.0 Å². The van der Waals surface area contributed by atoms with Gasteiger partial charge in [0.2, 0.25) is 0 Å². The predicted molar refractivity (Wildman–Crippen MR) is 81.6 cm³/mol. The van der Waals surface area contributed by atoms with Crippen LogP contribution >= 0.6 is 0 Å². The molecule has 1 N–H and O–H groups in total. The highest BCUT2D eigenvalue weighted by atomic mass is 16.5. The number of aromatic nitrogens is 2. The smallest absolute Gasteiger partial charge is 0.0892 e. The molecule has 20 heavy (non-hydrogen) atoms. The van der Waals surface area contributed by atoms with Crippen LogP contribution in [0.1, 0.15) is 58.2 Å². The third-order valence-electron chi connectivity index (χ3n) is 4.73. The van der Waals surface area contributed by atoms with Crippen molar-refractivity contribution < 1.29 is 4.74 Å². The van der Waals surface area contributed by atoms with E-state index in [0.29, 0.717) is 5.41 Å². The van der Waals surface area contributed by atoms with E-state index in [2.05, 4.69) is 37.3 Å². The van der Waals surface area contributed by atoms with Crippen LogP contribution in [0.2, 0.25) is 0 Å². The molecule has 0 radical (unpaired) electrons. The van der Waals surface area contributed by atoms with Crippen molar-refractivity contribution in [1.29, 1.82) is 0 Å². The van der Waals surface area contributed by atoms with Gasteiger partial charge in [-0.3, -0.25) is 4.68 Å². The molecular weight excluding hydrogens is 250 g/mol. The average molecular weight is 279 g/mol. The number of nitrogens with zero attached hydrogens (tertiary/aromatic N) is 2. The van der Waals surface area contributed by atoms with Gasteiger partial charge in [-0.1, -0.05) is 13.8 Å². The van der Waals surface area contributed by atoms with Crippen LogP contribution in [-0.2, 0) is 11.8 Å². The molecule has 1 aromatic heterocycles. The maximum absolute atomic E-state index is 6.27. The minimum absolute atomic E-state index is 0.118. The van der Waals surface area contributed by atoms with E-state index in [-0.39, 0.29) is 11.6 Å². The first-order valence-corrected chi connectivity index (χ1v) is 7.73. The van der Waals surface area contributed by atoms with Crippen molar-refractivity contribution >= 4 is 0 Å². The van der Waals surface area contributed by atoms with Crippen molar-refractivity contribution in [3.05, 3.63) is 18.0 Å². The van der Waals surface area contributed by atoms with Crippen molar-refractivity contribution in [2.45, 2.75) is 58.1 Å². The fraction of sp³-hybridized carbons (Fsp3) is 0.812. The lowest BCUT2D eigenvalue weighted by Gasteiger charge is -2.47. The fourth-order valence-electron chi connectivity index (χ4n) is 3.42. The monoisotopic (exact) mass is 279 g/mol. The molecule has 0 saturated heterocycles. The molecule has 0 bridgehead atoms. The van der Waals surface area contributed by atoms with Gasteiger partial charge in [0.15, 0.2) is 0 Å². The number of nitrogens with one attached hydrogen (secondary N) is 1. The third kappa shape index (κ3) is 3.07. The van der Waals surface area contributed by atoms with E-state index in [4.69, 9.17) is 4.74 Å². The Balaban J connectivity index is 2.26. The van der Waals surface area contributed by atoms with Gasteiger partial charge in [0.1, 0.15) is 0 Å². The molecule has 1 unspecified atom stereocenters. The van der Waals surface area contributed by atoms with E-state index < -0.39 is 0 Å². The van der Waals surface area contributed by atoms with E-state index in [9.17, 15) is 0 Å². The fourth-order valence-corrected chi connectivity index (χ4v) is 3.42. The first-order chi connectivity index (χ1) is 9.42. The molecule has 1 fully saturated rings. The van der Waals surface area contributed by atoms with Gasteiger partial charge in [-0.05, 0) is 51.1 Å².